The van der Waals surface area contributed by atoms with Gasteiger partial charge in [0.2, 0.25) is 5.91 Å². The van der Waals surface area contributed by atoms with Crippen molar-refractivity contribution >= 4 is 35.0 Å². The lowest BCUT2D eigenvalue weighted by molar-refractivity contribution is -0.114. The van der Waals surface area contributed by atoms with E-state index in [0.29, 0.717) is 39.1 Å². The van der Waals surface area contributed by atoms with Gasteiger partial charge in [-0.3, -0.25) is 9.59 Å². The molecule has 0 spiro atoms. The molecule has 0 saturated heterocycles. The molecule has 1 aromatic heterocycles. The largest absolute Gasteiger partial charge is 0.497 e. The van der Waals surface area contributed by atoms with Crippen LogP contribution in [0.5, 0.6) is 5.75 Å². The highest BCUT2D eigenvalue weighted by Gasteiger charge is 2.36. The lowest BCUT2D eigenvalue weighted by atomic mass is 9.85. The fourth-order valence-corrected chi connectivity index (χ4v) is 5.35. The summed E-state index contributed by atoms with van der Waals surface area (Å²) in [5.41, 5.74) is 4.66. The second-order valence-electron chi connectivity index (χ2n) is 8.95. The molecule has 9 heteroatoms. The molecule has 2 amide bonds. The predicted molar refractivity (Wildman–Crippen MR) is 153 cm³/mol. The molecule has 0 aliphatic carbocycles. The molecule has 200 valence electrons. The number of methoxy groups -OCH3 is 1. The number of nitriles is 1. The number of carbonyl (C=O) groups excluding carboxylic acids is 2. The second kappa shape index (κ2) is 12.4. The third-order valence-corrected chi connectivity index (χ3v) is 7.44. The van der Waals surface area contributed by atoms with Crippen molar-refractivity contribution in [2.75, 3.05) is 23.5 Å². The summed E-state index contributed by atoms with van der Waals surface area (Å²) < 4.78 is 10.8. The van der Waals surface area contributed by atoms with Gasteiger partial charge in [-0.25, -0.2) is 0 Å². The lowest BCUT2D eigenvalue weighted by Gasteiger charge is -2.28. The number of hydrogen-bond acceptors (Lipinski definition) is 7. The molecule has 1 atom stereocenters. The maximum Gasteiger partial charge on any atom is 0.254 e. The number of nitrogens with one attached hydrogen (secondary N) is 3. The molecule has 0 unspecified atom stereocenters. The van der Waals surface area contributed by atoms with E-state index in [9.17, 15) is 14.9 Å². The van der Waals surface area contributed by atoms with E-state index < -0.39 is 5.92 Å². The highest BCUT2D eigenvalue weighted by atomic mass is 32.2. The van der Waals surface area contributed by atoms with Crippen LogP contribution >= 0.6 is 11.8 Å². The standard InChI is InChI=1S/C30H30N4O4S/c1-5-20-9-6-8-18(2)28(20)34-29(36)26-19(3)32-30(23(16-31)27(26)24-10-7-15-38-24)39-17-25(35)33-21-11-13-22(37-4)14-12-21/h6-15,27,32H,5,17H2,1-4H3,(H,33,35)(H,34,36)/t27-/m0/s1. The van der Waals surface area contributed by atoms with Crippen molar-refractivity contribution in [3.63, 3.8) is 0 Å². The maximum absolute atomic E-state index is 13.7. The molecule has 4 rings (SSSR count). The van der Waals surface area contributed by atoms with Crippen LogP contribution in [0.25, 0.3) is 0 Å². The molecule has 8 nitrogen and oxygen atoms in total. The number of para-hydroxylation sites is 1. The molecule has 2 aromatic carbocycles. The first-order valence-electron chi connectivity index (χ1n) is 12.5. The van der Waals surface area contributed by atoms with E-state index in [1.165, 1.54) is 18.0 Å². The Morgan fingerprint density at radius 1 is 1.10 bits per heavy atom. The van der Waals surface area contributed by atoms with Crippen LogP contribution in [0.15, 0.2) is 87.1 Å². The zero-order chi connectivity index (χ0) is 27.9. The molecule has 2 heterocycles. The molecule has 0 bridgehead atoms. The summed E-state index contributed by atoms with van der Waals surface area (Å²) in [6, 6.07) is 18.7. The number of anilines is 2. The van der Waals surface area contributed by atoms with Crippen molar-refractivity contribution in [2.24, 2.45) is 0 Å². The normalized spacial score (nSPS) is 14.9. The molecule has 0 saturated carbocycles. The van der Waals surface area contributed by atoms with E-state index in [-0.39, 0.29) is 17.6 Å². The van der Waals surface area contributed by atoms with Gasteiger partial charge in [0.1, 0.15) is 11.5 Å². The smallest absolute Gasteiger partial charge is 0.254 e. The monoisotopic (exact) mass is 542 g/mol. The minimum Gasteiger partial charge on any atom is -0.497 e. The Hall–Kier alpha value is -4.42. The van der Waals surface area contributed by atoms with E-state index >= 15 is 0 Å². The van der Waals surface area contributed by atoms with Crippen LogP contribution in [0.3, 0.4) is 0 Å². The van der Waals surface area contributed by atoms with Gasteiger partial charge in [0.25, 0.3) is 5.91 Å². The van der Waals surface area contributed by atoms with Gasteiger partial charge in [0, 0.05) is 17.1 Å². The average Bonchev–Trinajstić information content (AvgIpc) is 3.47. The molecule has 39 heavy (non-hydrogen) atoms. The Morgan fingerprint density at radius 3 is 2.51 bits per heavy atom. The summed E-state index contributed by atoms with van der Waals surface area (Å²) >= 11 is 1.20. The molecule has 3 N–H and O–H groups in total. The van der Waals surface area contributed by atoms with Crippen LogP contribution in [-0.2, 0) is 16.0 Å². The molecule has 0 fully saturated rings. The summed E-state index contributed by atoms with van der Waals surface area (Å²) in [7, 11) is 1.58. The van der Waals surface area contributed by atoms with Crippen molar-refractivity contribution in [3.8, 4) is 11.8 Å². The van der Waals surface area contributed by atoms with Crippen molar-refractivity contribution in [1.29, 1.82) is 5.26 Å². The zero-order valence-corrected chi connectivity index (χ0v) is 23.1. The number of furan rings is 1. The fourth-order valence-electron chi connectivity index (χ4n) is 4.46. The first-order valence-corrected chi connectivity index (χ1v) is 13.5. The number of rotatable bonds is 9. The number of carbonyl (C=O) groups is 2. The molecular formula is C30H30N4O4S. The lowest BCUT2D eigenvalue weighted by Crippen LogP contribution is -2.31. The summed E-state index contributed by atoms with van der Waals surface area (Å²) in [5, 5.41) is 19.8. The van der Waals surface area contributed by atoms with E-state index in [2.05, 4.69) is 22.0 Å². The molecule has 0 radical (unpaired) electrons. The number of dihydropyridines is 1. The number of ether oxygens (including phenoxy) is 1. The Morgan fingerprint density at radius 2 is 1.87 bits per heavy atom. The summed E-state index contributed by atoms with van der Waals surface area (Å²) in [6.07, 6.45) is 2.28. The Kier molecular flexibility index (Phi) is 8.79. The first-order chi connectivity index (χ1) is 18.9. The number of aryl methyl sites for hydroxylation is 2. The van der Waals surface area contributed by atoms with Crippen LogP contribution in [0.1, 0.15) is 36.7 Å². The van der Waals surface area contributed by atoms with Crippen LogP contribution < -0.4 is 20.7 Å². The maximum atomic E-state index is 13.7. The Labute approximate surface area is 232 Å². The number of hydrogen-bond donors (Lipinski definition) is 3. The molecule has 3 aromatic rings. The minimum atomic E-state index is -0.729. The first kappa shape index (κ1) is 27.6. The van der Waals surface area contributed by atoms with E-state index in [4.69, 9.17) is 9.15 Å². The molecular weight excluding hydrogens is 512 g/mol. The van der Waals surface area contributed by atoms with Crippen molar-refractivity contribution in [3.05, 3.63) is 99.6 Å². The SMILES string of the molecule is CCc1cccc(C)c1NC(=O)C1=C(C)NC(SCC(=O)Nc2ccc(OC)cc2)=C(C#N)[C@H]1c1ccco1. The quantitative estimate of drug-likeness (QED) is 0.310. The van der Waals surface area contributed by atoms with E-state index in [1.807, 2.05) is 32.0 Å². The summed E-state index contributed by atoms with van der Waals surface area (Å²) in [5.74, 6) is -0.0617. The average molecular weight is 543 g/mol. The van der Waals surface area contributed by atoms with Gasteiger partial charge in [-0.1, -0.05) is 36.9 Å². The van der Waals surface area contributed by atoms with Gasteiger partial charge in [-0.2, -0.15) is 5.26 Å². The highest BCUT2D eigenvalue weighted by Crippen LogP contribution is 2.41. The topological polar surface area (TPSA) is 116 Å². The number of nitrogens with zero attached hydrogens (tertiary/aromatic N) is 1. The van der Waals surface area contributed by atoms with E-state index in [1.54, 1.807) is 50.4 Å². The summed E-state index contributed by atoms with van der Waals surface area (Å²) in [6.45, 7) is 5.77. The van der Waals surface area contributed by atoms with Gasteiger partial charge < -0.3 is 25.1 Å². The van der Waals surface area contributed by atoms with Crippen molar-refractivity contribution < 1.29 is 18.7 Å². The van der Waals surface area contributed by atoms with Crippen LogP contribution in [0.4, 0.5) is 11.4 Å². The molecule has 1 aliphatic rings. The zero-order valence-electron chi connectivity index (χ0n) is 22.3. The number of benzene rings is 2. The van der Waals surface area contributed by atoms with Gasteiger partial charge in [-0.05, 0) is 67.8 Å². The van der Waals surface area contributed by atoms with Crippen LogP contribution in [0.2, 0.25) is 0 Å². The van der Waals surface area contributed by atoms with Gasteiger partial charge >= 0.3 is 0 Å². The number of amides is 2. The number of thioether (sulfide) groups is 1. The van der Waals surface area contributed by atoms with Crippen LogP contribution in [-0.4, -0.2) is 24.7 Å². The van der Waals surface area contributed by atoms with Crippen molar-refractivity contribution in [2.45, 2.75) is 33.1 Å². The Bertz CT molecular complexity index is 1470. The predicted octanol–water partition coefficient (Wildman–Crippen LogP) is 5.87. The third kappa shape index (κ3) is 6.19. The van der Waals surface area contributed by atoms with Crippen molar-refractivity contribution in [1.82, 2.24) is 5.32 Å². The van der Waals surface area contributed by atoms with Crippen LogP contribution in [0, 0.1) is 18.3 Å². The summed E-state index contributed by atoms with van der Waals surface area (Å²) in [4.78, 5) is 26.4. The highest BCUT2D eigenvalue weighted by molar-refractivity contribution is 8.03. The van der Waals surface area contributed by atoms with Gasteiger partial charge in [0.05, 0.1) is 47.3 Å². The molecule has 1 aliphatic heterocycles. The van der Waals surface area contributed by atoms with Gasteiger partial charge in [0.15, 0.2) is 0 Å². The second-order valence-corrected chi connectivity index (χ2v) is 9.93. The van der Waals surface area contributed by atoms with E-state index in [0.717, 1.165) is 23.2 Å². The number of allylic oxidation sites excluding steroid dienone is 2. The Balaban J connectivity index is 1.59. The fraction of sp³-hybridized carbons (Fsp3) is 0.233. The van der Waals surface area contributed by atoms with Gasteiger partial charge in [-0.15, -0.1) is 0 Å². The third-order valence-electron chi connectivity index (χ3n) is 6.42. The minimum absolute atomic E-state index is 0.0578.